The second-order valence-corrected chi connectivity index (χ2v) is 9.16. The number of benzene rings is 2. The van der Waals surface area contributed by atoms with Gasteiger partial charge in [-0.25, -0.2) is 13.7 Å². The van der Waals surface area contributed by atoms with Crippen LogP contribution in [-0.4, -0.2) is 41.6 Å². The Labute approximate surface area is 215 Å². The van der Waals surface area contributed by atoms with Crippen molar-refractivity contribution in [3.8, 4) is 17.0 Å². The van der Waals surface area contributed by atoms with Crippen LogP contribution in [0.25, 0.3) is 11.3 Å². The molecule has 1 aliphatic rings. The molecular formula is C25H24ClF4N3O2S. The van der Waals surface area contributed by atoms with Crippen molar-refractivity contribution < 1.29 is 27.1 Å². The van der Waals surface area contributed by atoms with Gasteiger partial charge in [-0.05, 0) is 91.0 Å². The van der Waals surface area contributed by atoms with Gasteiger partial charge in [-0.2, -0.15) is 8.78 Å². The lowest BCUT2D eigenvalue weighted by Crippen LogP contribution is -2.40. The van der Waals surface area contributed by atoms with E-state index in [0.29, 0.717) is 18.4 Å². The van der Waals surface area contributed by atoms with Crippen molar-refractivity contribution in [2.45, 2.75) is 36.9 Å². The highest BCUT2D eigenvalue weighted by Crippen LogP contribution is 2.31. The molecule has 1 aromatic heterocycles. The molecule has 3 aromatic rings. The van der Waals surface area contributed by atoms with Gasteiger partial charge in [-0.3, -0.25) is 9.18 Å². The van der Waals surface area contributed by atoms with Gasteiger partial charge in [0.15, 0.2) is 0 Å². The molecule has 0 bridgehead atoms. The number of nitrogens with one attached hydrogen (secondary N) is 1. The summed E-state index contributed by atoms with van der Waals surface area (Å²) in [5, 5.41) is 3.21. The number of halogens is 5. The van der Waals surface area contributed by atoms with E-state index < -0.39 is 6.61 Å². The molecule has 1 saturated heterocycles. The molecule has 0 aliphatic carbocycles. The van der Waals surface area contributed by atoms with Gasteiger partial charge >= 0.3 is 6.61 Å². The van der Waals surface area contributed by atoms with Gasteiger partial charge in [0.05, 0.1) is 18.9 Å². The van der Waals surface area contributed by atoms with E-state index in [4.69, 9.17) is 11.6 Å². The van der Waals surface area contributed by atoms with E-state index in [1.165, 1.54) is 36.2 Å². The second kappa shape index (κ2) is 13.5. The van der Waals surface area contributed by atoms with Crippen LogP contribution in [0.15, 0.2) is 65.6 Å². The van der Waals surface area contributed by atoms with Crippen LogP contribution in [0.2, 0.25) is 5.15 Å². The minimum Gasteiger partial charge on any atom is -0.435 e. The highest BCUT2D eigenvalue weighted by molar-refractivity contribution is 7.97. The van der Waals surface area contributed by atoms with E-state index in [-0.39, 0.29) is 35.2 Å². The van der Waals surface area contributed by atoms with E-state index in [1.54, 1.807) is 36.4 Å². The molecule has 1 atom stereocenters. The number of carbonyl (C=O) groups is 1. The van der Waals surface area contributed by atoms with Crippen LogP contribution in [-0.2, 0) is 11.3 Å². The highest BCUT2D eigenvalue weighted by Gasteiger charge is 2.31. The quantitative estimate of drug-likeness (QED) is 0.200. The molecule has 0 spiro atoms. The highest BCUT2D eigenvalue weighted by atomic mass is 35.5. The van der Waals surface area contributed by atoms with Crippen molar-refractivity contribution in [2.75, 3.05) is 13.7 Å². The van der Waals surface area contributed by atoms with Crippen molar-refractivity contribution in [1.29, 1.82) is 0 Å². The zero-order chi connectivity index (χ0) is 26.1. The molecule has 5 nitrogen and oxygen atoms in total. The maximum Gasteiger partial charge on any atom is 0.387 e. The Bertz CT molecular complexity index is 1140. The van der Waals surface area contributed by atoms with Crippen LogP contribution >= 0.6 is 23.5 Å². The number of ether oxygens (including phenoxy) is 1. The van der Waals surface area contributed by atoms with Crippen molar-refractivity contribution in [1.82, 2.24) is 14.6 Å². The number of amides is 1. The van der Waals surface area contributed by atoms with Gasteiger partial charge in [-0.1, -0.05) is 11.6 Å². The van der Waals surface area contributed by atoms with Crippen LogP contribution < -0.4 is 10.1 Å². The maximum atomic E-state index is 13.2. The molecule has 1 unspecified atom stereocenters. The number of hydrogen-bond acceptors (Lipinski definition) is 5. The fourth-order valence-corrected chi connectivity index (χ4v) is 4.96. The van der Waals surface area contributed by atoms with Crippen LogP contribution in [0.1, 0.15) is 18.4 Å². The van der Waals surface area contributed by atoms with E-state index in [0.717, 1.165) is 29.8 Å². The molecule has 36 heavy (non-hydrogen) atoms. The normalized spacial score (nSPS) is 15.4. The number of pyridine rings is 1. The number of hydrogen-bond donors (Lipinski definition) is 1. The number of rotatable bonds is 8. The molecule has 1 aliphatic heterocycles. The first-order chi connectivity index (χ1) is 17.4. The summed E-state index contributed by atoms with van der Waals surface area (Å²) in [4.78, 5) is 18.1. The van der Waals surface area contributed by atoms with Crippen molar-refractivity contribution in [2.24, 2.45) is 0 Å². The smallest absolute Gasteiger partial charge is 0.387 e. The molecule has 2 aromatic carbocycles. The summed E-state index contributed by atoms with van der Waals surface area (Å²) in [6.07, 6.45) is 1.62. The average Bonchev–Trinajstić information content (AvgIpc) is 3.33. The summed E-state index contributed by atoms with van der Waals surface area (Å²) in [5.41, 5.74) is 1.98. The molecule has 11 heteroatoms. The first-order valence-corrected chi connectivity index (χ1v) is 12.1. The number of alkyl halides is 3. The first-order valence-electron chi connectivity index (χ1n) is 10.9. The monoisotopic (exact) mass is 541 g/mol. The molecule has 1 fully saturated rings. The lowest BCUT2D eigenvalue weighted by Gasteiger charge is -2.22. The van der Waals surface area contributed by atoms with Crippen LogP contribution in [0.5, 0.6) is 5.75 Å². The van der Waals surface area contributed by atoms with Gasteiger partial charge in [0.2, 0.25) is 5.91 Å². The summed E-state index contributed by atoms with van der Waals surface area (Å²) < 4.78 is 53.7. The van der Waals surface area contributed by atoms with Gasteiger partial charge in [0.1, 0.15) is 16.7 Å². The van der Waals surface area contributed by atoms with Gasteiger partial charge in [-0.15, -0.1) is 0 Å². The number of carbonyl (C=O) groups excluding carboxylic acids is 1. The van der Waals surface area contributed by atoms with E-state index in [1.807, 2.05) is 4.31 Å². The molecular weight excluding hydrogens is 518 g/mol. The number of aromatic nitrogens is 1. The Hall–Kier alpha value is -2.82. The van der Waals surface area contributed by atoms with Gasteiger partial charge in [0, 0.05) is 23.5 Å². The summed E-state index contributed by atoms with van der Waals surface area (Å²) in [5.74, 6) is -0.351. The Kier molecular flexibility index (Phi) is 10.4. The van der Waals surface area contributed by atoms with Crippen molar-refractivity contribution in [3.63, 3.8) is 0 Å². The molecule has 4 rings (SSSR count). The Morgan fingerprint density at radius 2 is 1.86 bits per heavy atom. The molecule has 0 saturated carbocycles. The Morgan fingerprint density at radius 1 is 1.17 bits per heavy atom. The van der Waals surface area contributed by atoms with Crippen LogP contribution in [0.4, 0.5) is 17.6 Å². The third kappa shape index (κ3) is 7.84. The van der Waals surface area contributed by atoms with Crippen LogP contribution in [0, 0.1) is 5.82 Å². The predicted octanol–water partition coefficient (Wildman–Crippen LogP) is 6.52. The fraction of sp³-hybridized carbons (Fsp3) is 0.280. The third-order valence-corrected chi connectivity index (χ3v) is 6.59. The first kappa shape index (κ1) is 27.8. The molecule has 1 amide bonds. The summed E-state index contributed by atoms with van der Waals surface area (Å²) in [6, 6.07) is 15.4. The molecule has 0 radical (unpaired) electrons. The topological polar surface area (TPSA) is 54.5 Å². The van der Waals surface area contributed by atoms with Crippen LogP contribution in [0.3, 0.4) is 0 Å². The Balaban J connectivity index is 0.00000176. The van der Waals surface area contributed by atoms with E-state index in [9.17, 15) is 22.4 Å². The molecule has 2 heterocycles. The SMILES string of the molecule is CF.O=C(NCc1cc(Cl)nc(-c2ccc(OC(F)F)cc2)c1)C1CCCN1Sc1ccc(F)cc1. The summed E-state index contributed by atoms with van der Waals surface area (Å²) in [7, 11) is 0.500. The Morgan fingerprint density at radius 3 is 2.53 bits per heavy atom. The van der Waals surface area contributed by atoms with Gasteiger partial charge < -0.3 is 10.1 Å². The predicted molar refractivity (Wildman–Crippen MR) is 132 cm³/mol. The molecule has 1 N–H and O–H groups in total. The lowest BCUT2D eigenvalue weighted by atomic mass is 10.1. The zero-order valence-electron chi connectivity index (χ0n) is 19.3. The largest absolute Gasteiger partial charge is 0.435 e. The maximum absolute atomic E-state index is 13.2. The average molecular weight is 542 g/mol. The van der Waals surface area contributed by atoms with Crippen molar-refractivity contribution >= 4 is 29.5 Å². The second-order valence-electron chi connectivity index (χ2n) is 7.65. The van der Waals surface area contributed by atoms with E-state index in [2.05, 4.69) is 15.0 Å². The number of nitrogens with zero attached hydrogens (tertiary/aromatic N) is 2. The van der Waals surface area contributed by atoms with E-state index >= 15 is 0 Å². The minimum absolute atomic E-state index is 0.0490. The molecule has 192 valence electrons. The summed E-state index contributed by atoms with van der Waals surface area (Å²) >= 11 is 7.62. The fourth-order valence-electron chi connectivity index (χ4n) is 3.66. The third-order valence-electron chi connectivity index (χ3n) is 5.24. The standard InChI is InChI=1S/C24H21ClF3N3O2S.CH3F/c25-22-13-15(12-20(30-22)16-3-7-18(8-4-16)33-24(27)28)14-29-23(32)21-2-1-11-31(21)34-19-9-5-17(26)6-10-19;1-2/h3-10,12-13,21,24H,1-2,11,14H2,(H,29,32);1H3. The minimum atomic E-state index is -2.89. The van der Waals surface area contributed by atoms with Gasteiger partial charge in [0.25, 0.3) is 0 Å². The lowest BCUT2D eigenvalue weighted by molar-refractivity contribution is -0.124. The van der Waals surface area contributed by atoms with Crippen molar-refractivity contribution in [3.05, 3.63) is 77.2 Å². The zero-order valence-corrected chi connectivity index (χ0v) is 20.8. The summed E-state index contributed by atoms with van der Waals surface area (Å²) in [6.45, 7) is -1.88.